The molecule has 2 aromatic carbocycles. The van der Waals surface area contributed by atoms with Crippen LogP contribution in [0.25, 0.3) is 0 Å². The predicted molar refractivity (Wildman–Crippen MR) is 85.2 cm³/mol. The first-order valence-corrected chi connectivity index (χ1v) is 7.56. The Labute approximate surface area is 126 Å². The average molecular weight is 282 g/mol. The Bertz CT molecular complexity index is 548. The number of unbranched alkanes of at least 4 members (excludes halogenated alkanes) is 1. The molecule has 0 aromatic heterocycles. The number of hydrogen-bond donors (Lipinski definition) is 1. The van der Waals surface area contributed by atoms with Crippen LogP contribution in [0, 0.1) is 5.92 Å². The molecule has 2 aromatic rings. The lowest BCUT2D eigenvalue weighted by Crippen LogP contribution is -2.22. The Balaban J connectivity index is 2.24. The molecule has 0 bridgehead atoms. The second-order valence-electron chi connectivity index (χ2n) is 5.33. The fraction of sp³-hybridized carbons (Fsp3) is 0.316. The number of carbonyl (C=O) groups is 1. The highest BCUT2D eigenvalue weighted by molar-refractivity contribution is 5.98. The Morgan fingerprint density at radius 2 is 1.57 bits per heavy atom. The highest BCUT2D eigenvalue weighted by atomic mass is 16.3. The molecule has 0 fully saturated rings. The van der Waals surface area contributed by atoms with Crippen LogP contribution < -0.4 is 0 Å². The standard InChI is InChI=1S/C19H22O2/c1-2-3-14-17(18(20)15-10-6-4-7-11-15)19(21)16-12-8-5-9-13-16/h4-13,17-18,20H,2-3,14H2,1H3. The fourth-order valence-electron chi connectivity index (χ4n) is 2.56. The zero-order valence-electron chi connectivity index (χ0n) is 12.4. The van der Waals surface area contributed by atoms with E-state index in [0.717, 1.165) is 18.4 Å². The van der Waals surface area contributed by atoms with Gasteiger partial charge in [0.15, 0.2) is 5.78 Å². The van der Waals surface area contributed by atoms with Gasteiger partial charge in [-0.2, -0.15) is 0 Å². The van der Waals surface area contributed by atoms with Crippen molar-refractivity contribution in [2.24, 2.45) is 5.92 Å². The summed E-state index contributed by atoms with van der Waals surface area (Å²) in [6.07, 6.45) is 1.92. The smallest absolute Gasteiger partial charge is 0.168 e. The van der Waals surface area contributed by atoms with Crippen LogP contribution in [-0.4, -0.2) is 10.9 Å². The predicted octanol–water partition coefficient (Wildman–Crippen LogP) is 4.41. The largest absolute Gasteiger partial charge is 0.388 e. The topological polar surface area (TPSA) is 37.3 Å². The van der Waals surface area contributed by atoms with Gasteiger partial charge >= 0.3 is 0 Å². The zero-order valence-corrected chi connectivity index (χ0v) is 12.4. The van der Waals surface area contributed by atoms with Gasteiger partial charge < -0.3 is 5.11 Å². The minimum absolute atomic E-state index is 0.0282. The maximum atomic E-state index is 12.7. The van der Waals surface area contributed by atoms with E-state index in [1.807, 2.05) is 60.7 Å². The maximum absolute atomic E-state index is 12.7. The molecular weight excluding hydrogens is 260 g/mol. The number of carbonyl (C=O) groups excluding carboxylic acids is 1. The molecule has 1 N–H and O–H groups in total. The van der Waals surface area contributed by atoms with Crippen LogP contribution >= 0.6 is 0 Å². The monoisotopic (exact) mass is 282 g/mol. The van der Waals surface area contributed by atoms with Crippen LogP contribution in [0.4, 0.5) is 0 Å². The van der Waals surface area contributed by atoms with Crippen molar-refractivity contribution in [3.63, 3.8) is 0 Å². The zero-order chi connectivity index (χ0) is 15.1. The van der Waals surface area contributed by atoms with E-state index in [1.165, 1.54) is 0 Å². The van der Waals surface area contributed by atoms with Gasteiger partial charge in [-0.3, -0.25) is 4.79 Å². The summed E-state index contributed by atoms with van der Waals surface area (Å²) in [5, 5.41) is 10.6. The first kappa shape index (κ1) is 15.5. The molecule has 0 saturated carbocycles. The van der Waals surface area contributed by atoms with Crippen molar-refractivity contribution in [2.45, 2.75) is 32.3 Å². The summed E-state index contributed by atoms with van der Waals surface area (Å²) < 4.78 is 0. The van der Waals surface area contributed by atoms with E-state index in [1.54, 1.807) is 0 Å². The van der Waals surface area contributed by atoms with Crippen LogP contribution in [0.15, 0.2) is 60.7 Å². The molecule has 0 radical (unpaired) electrons. The molecule has 2 unspecified atom stereocenters. The van der Waals surface area contributed by atoms with Crippen LogP contribution in [-0.2, 0) is 0 Å². The van der Waals surface area contributed by atoms with Gasteiger partial charge in [0, 0.05) is 5.56 Å². The summed E-state index contributed by atoms with van der Waals surface area (Å²) in [5.41, 5.74) is 1.48. The van der Waals surface area contributed by atoms with Gasteiger partial charge in [-0.25, -0.2) is 0 Å². The minimum Gasteiger partial charge on any atom is -0.388 e. The van der Waals surface area contributed by atoms with Crippen LogP contribution in [0.3, 0.4) is 0 Å². The van der Waals surface area contributed by atoms with Gasteiger partial charge in [0.25, 0.3) is 0 Å². The lowest BCUT2D eigenvalue weighted by Gasteiger charge is -2.22. The Morgan fingerprint density at radius 3 is 2.14 bits per heavy atom. The van der Waals surface area contributed by atoms with E-state index in [0.29, 0.717) is 12.0 Å². The van der Waals surface area contributed by atoms with Gasteiger partial charge in [-0.05, 0) is 12.0 Å². The fourth-order valence-corrected chi connectivity index (χ4v) is 2.56. The molecule has 2 nitrogen and oxygen atoms in total. The number of Topliss-reactive ketones (excluding diaryl/α,β-unsaturated/α-hetero) is 1. The summed E-state index contributed by atoms with van der Waals surface area (Å²) in [5.74, 6) is -0.352. The molecule has 0 aliphatic heterocycles. The number of ketones is 1. The molecule has 110 valence electrons. The number of aliphatic hydroxyl groups excluding tert-OH is 1. The van der Waals surface area contributed by atoms with E-state index < -0.39 is 6.10 Å². The molecule has 2 rings (SSSR count). The molecule has 0 amide bonds. The number of hydrogen-bond acceptors (Lipinski definition) is 2. The van der Waals surface area contributed by atoms with Crippen molar-refractivity contribution in [3.8, 4) is 0 Å². The number of aliphatic hydroxyl groups is 1. The lowest BCUT2D eigenvalue weighted by atomic mass is 9.85. The van der Waals surface area contributed by atoms with Crippen LogP contribution in [0.2, 0.25) is 0 Å². The van der Waals surface area contributed by atoms with Crippen molar-refractivity contribution >= 4 is 5.78 Å². The van der Waals surface area contributed by atoms with Crippen molar-refractivity contribution in [1.29, 1.82) is 0 Å². The van der Waals surface area contributed by atoms with Gasteiger partial charge in [0.05, 0.1) is 12.0 Å². The van der Waals surface area contributed by atoms with Crippen LogP contribution in [0.1, 0.15) is 48.2 Å². The third-order valence-corrected chi connectivity index (χ3v) is 3.79. The Morgan fingerprint density at radius 1 is 1.00 bits per heavy atom. The molecule has 0 saturated heterocycles. The van der Waals surface area contributed by atoms with Crippen molar-refractivity contribution in [3.05, 3.63) is 71.8 Å². The third kappa shape index (κ3) is 4.02. The molecule has 0 aliphatic rings. The minimum atomic E-state index is -0.745. The van der Waals surface area contributed by atoms with Crippen molar-refractivity contribution < 1.29 is 9.90 Å². The molecule has 21 heavy (non-hydrogen) atoms. The second kappa shape index (κ2) is 7.75. The number of rotatable bonds is 7. The van der Waals surface area contributed by atoms with E-state index in [4.69, 9.17) is 0 Å². The summed E-state index contributed by atoms with van der Waals surface area (Å²) in [6, 6.07) is 18.7. The normalized spacial score (nSPS) is 13.6. The van der Waals surface area contributed by atoms with E-state index in [2.05, 4.69) is 6.92 Å². The molecule has 0 heterocycles. The van der Waals surface area contributed by atoms with E-state index in [-0.39, 0.29) is 11.7 Å². The quantitative estimate of drug-likeness (QED) is 0.764. The highest BCUT2D eigenvalue weighted by Crippen LogP contribution is 2.29. The number of benzene rings is 2. The van der Waals surface area contributed by atoms with Crippen molar-refractivity contribution in [1.82, 2.24) is 0 Å². The van der Waals surface area contributed by atoms with Gasteiger partial charge in [-0.1, -0.05) is 80.4 Å². The summed E-state index contributed by atoms with van der Waals surface area (Å²) in [7, 11) is 0. The van der Waals surface area contributed by atoms with Crippen molar-refractivity contribution in [2.75, 3.05) is 0 Å². The Hall–Kier alpha value is -1.93. The van der Waals surface area contributed by atoms with Gasteiger partial charge in [0.2, 0.25) is 0 Å². The molecular formula is C19H22O2. The second-order valence-corrected chi connectivity index (χ2v) is 5.33. The Kier molecular flexibility index (Phi) is 5.70. The summed E-state index contributed by atoms with van der Waals surface area (Å²) >= 11 is 0. The highest BCUT2D eigenvalue weighted by Gasteiger charge is 2.28. The first-order valence-electron chi connectivity index (χ1n) is 7.56. The van der Waals surface area contributed by atoms with Gasteiger partial charge in [-0.15, -0.1) is 0 Å². The first-order chi connectivity index (χ1) is 10.2. The molecule has 0 spiro atoms. The average Bonchev–Trinajstić information content (AvgIpc) is 2.56. The summed E-state index contributed by atoms with van der Waals surface area (Å²) in [6.45, 7) is 2.10. The van der Waals surface area contributed by atoms with Crippen LogP contribution in [0.5, 0.6) is 0 Å². The van der Waals surface area contributed by atoms with E-state index >= 15 is 0 Å². The molecule has 2 heteroatoms. The summed E-state index contributed by atoms with van der Waals surface area (Å²) in [4.78, 5) is 12.7. The van der Waals surface area contributed by atoms with Gasteiger partial charge in [0.1, 0.15) is 0 Å². The maximum Gasteiger partial charge on any atom is 0.168 e. The van der Waals surface area contributed by atoms with E-state index in [9.17, 15) is 9.90 Å². The molecule has 0 aliphatic carbocycles. The SMILES string of the molecule is CCCCC(C(=O)c1ccccc1)C(O)c1ccccc1. The lowest BCUT2D eigenvalue weighted by molar-refractivity contribution is 0.0651. The third-order valence-electron chi connectivity index (χ3n) is 3.79. The molecule has 2 atom stereocenters.